The Morgan fingerprint density at radius 3 is 2.48 bits per heavy atom. The van der Waals surface area contributed by atoms with Gasteiger partial charge in [0.1, 0.15) is 5.75 Å². The fraction of sp³-hybridized carbons (Fsp3) is 0.571. The molecule has 21 heavy (non-hydrogen) atoms. The van der Waals surface area contributed by atoms with Gasteiger partial charge in [0.25, 0.3) is 0 Å². The largest absolute Gasteiger partial charge is 0.495 e. The molecule has 2 atom stereocenters. The molecule has 1 aliphatic heterocycles. The van der Waals surface area contributed by atoms with Crippen LogP contribution in [0.25, 0.3) is 0 Å². The molecule has 2 rings (SSSR count). The molecule has 1 heterocycles. The van der Waals surface area contributed by atoms with E-state index in [0.29, 0.717) is 42.0 Å². The molecule has 3 N–H and O–H groups in total. The molecule has 0 radical (unpaired) electrons. The third-order valence-electron chi connectivity index (χ3n) is 3.64. The van der Waals surface area contributed by atoms with Crippen LogP contribution in [0.3, 0.4) is 0 Å². The Hall–Kier alpha value is -1.47. The molecule has 2 unspecified atom stereocenters. The number of hydrogen-bond acceptors (Lipinski definition) is 4. The van der Waals surface area contributed by atoms with Crippen LogP contribution in [0.5, 0.6) is 5.75 Å². The summed E-state index contributed by atoms with van der Waals surface area (Å²) in [6, 6.07) is 4.88. The Bertz CT molecular complexity index is 593. The second-order valence-electron chi connectivity index (χ2n) is 5.83. The fourth-order valence-corrected chi connectivity index (χ4v) is 4.28. The Kier molecular flexibility index (Phi) is 4.63. The first-order valence-electron chi connectivity index (χ1n) is 7.03. The Labute approximate surface area is 126 Å². The molecule has 0 amide bonds. The van der Waals surface area contributed by atoms with Gasteiger partial charge in [-0.15, -0.1) is 0 Å². The van der Waals surface area contributed by atoms with Gasteiger partial charge in [-0.1, -0.05) is 13.8 Å². The van der Waals surface area contributed by atoms with E-state index in [4.69, 9.17) is 10.5 Å². The predicted molar refractivity (Wildman–Crippen MR) is 84.5 cm³/mol. The highest BCUT2D eigenvalue weighted by Crippen LogP contribution is 2.29. The van der Waals surface area contributed by atoms with E-state index in [0.717, 1.165) is 6.42 Å². The Morgan fingerprint density at radius 1 is 1.29 bits per heavy atom. The maximum atomic E-state index is 12.5. The highest BCUT2D eigenvalue weighted by Gasteiger charge is 2.30. The smallest absolute Gasteiger partial charge is 0.301 e. The van der Waals surface area contributed by atoms with Gasteiger partial charge in [-0.2, -0.15) is 12.7 Å². The monoisotopic (exact) mass is 313 g/mol. The maximum Gasteiger partial charge on any atom is 0.301 e. The van der Waals surface area contributed by atoms with Gasteiger partial charge in [0.05, 0.1) is 12.8 Å². The zero-order valence-corrected chi connectivity index (χ0v) is 13.5. The number of rotatable bonds is 4. The van der Waals surface area contributed by atoms with Crippen LogP contribution < -0.4 is 15.2 Å². The summed E-state index contributed by atoms with van der Waals surface area (Å²) in [6.45, 7) is 5.20. The van der Waals surface area contributed by atoms with E-state index in [9.17, 15) is 8.42 Å². The van der Waals surface area contributed by atoms with Crippen LogP contribution in [0.1, 0.15) is 20.3 Å². The van der Waals surface area contributed by atoms with Gasteiger partial charge in [-0.3, -0.25) is 4.72 Å². The van der Waals surface area contributed by atoms with Crippen molar-refractivity contribution < 1.29 is 13.2 Å². The number of benzene rings is 1. The lowest BCUT2D eigenvalue weighted by atomic mass is 9.94. The van der Waals surface area contributed by atoms with Crippen molar-refractivity contribution in [3.8, 4) is 5.75 Å². The second-order valence-corrected chi connectivity index (χ2v) is 7.50. The summed E-state index contributed by atoms with van der Waals surface area (Å²) in [7, 11) is -2.11. The van der Waals surface area contributed by atoms with Crippen LogP contribution in [-0.4, -0.2) is 32.9 Å². The van der Waals surface area contributed by atoms with Crippen molar-refractivity contribution in [1.29, 1.82) is 0 Å². The summed E-state index contributed by atoms with van der Waals surface area (Å²) in [6.07, 6.45) is 1.05. The topological polar surface area (TPSA) is 84.7 Å². The molecular weight excluding hydrogens is 290 g/mol. The molecular formula is C14H23N3O3S. The molecule has 1 aliphatic rings. The van der Waals surface area contributed by atoms with Crippen molar-refractivity contribution >= 4 is 21.6 Å². The third kappa shape index (κ3) is 3.79. The van der Waals surface area contributed by atoms with Crippen LogP contribution in [0.2, 0.25) is 0 Å². The Morgan fingerprint density at radius 2 is 1.90 bits per heavy atom. The number of methoxy groups -OCH3 is 1. The minimum atomic E-state index is -3.60. The van der Waals surface area contributed by atoms with Crippen LogP contribution in [0, 0.1) is 11.8 Å². The van der Waals surface area contributed by atoms with E-state index in [1.165, 1.54) is 11.4 Å². The first-order chi connectivity index (χ1) is 9.81. The van der Waals surface area contributed by atoms with Gasteiger partial charge < -0.3 is 10.5 Å². The van der Waals surface area contributed by atoms with E-state index >= 15 is 0 Å². The van der Waals surface area contributed by atoms with Crippen molar-refractivity contribution in [1.82, 2.24) is 4.31 Å². The standard InChI is InChI=1S/C14H23N3O3S/c1-10-6-11(2)9-17(8-10)21(18,19)16-13-7-12(15)4-5-14(13)20-3/h4-5,7,10-11,16H,6,8-9,15H2,1-3H3. The highest BCUT2D eigenvalue weighted by molar-refractivity contribution is 7.90. The molecule has 0 aromatic heterocycles. The maximum absolute atomic E-state index is 12.5. The van der Waals surface area contributed by atoms with Crippen LogP contribution in [0.15, 0.2) is 18.2 Å². The number of piperidine rings is 1. The number of nitrogens with zero attached hydrogens (tertiary/aromatic N) is 1. The lowest BCUT2D eigenvalue weighted by Crippen LogP contribution is -2.45. The average molecular weight is 313 g/mol. The first-order valence-corrected chi connectivity index (χ1v) is 8.47. The van der Waals surface area contributed by atoms with E-state index in [1.54, 1.807) is 18.2 Å². The van der Waals surface area contributed by atoms with Gasteiger partial charge in [-0.05, 0) is 36.5 Å². The lowest BCUT2D eigenvalue weighted by molar-refractivity contribution is 0.223. The third-order valence-corrected chi connectivity index (χ3v) is 5.09. The van der Waals surface area contributed by atoms with Crippen molar-refractivity contribution in [3.05, 3.63) is 18.2 Å². The number of anilines is 2. The summed E-state index contributed by atoms with van der Waals surface area (Å²) in [4.78, 5) is 0. The predicted octanol–water partition coefficient (Wildman–Crippen LogP) is 1.91. The molecule has 1 saturated heterocycles. The van der Waals surface area contributed by atoms with E-state index in [-0.39, 0.29) is 0 Å². The molecule has 0 aliphatic carbocycles. The number of ether oxygens (including phenoxy) is 1. The van der Waals surface area contributed by atoms with Gasteiger partial charge in [0.2, 0.25) is 0 Å². The number of nitrogens with one attached hydrogen (secondary N) is 1. The highest BCUT2D eigenvalue weighted by atomic mass is 32.2. The zero-order chi connectivity index (χ0) is 15.6. The molecule has 0 spiro atoms. The first kappa shape index (κ1) is 15.9. The Balaban J connectivity index is 2.23. The van der Waals surface area contributed by atoms with Crippen LogP contribution in [0.4, 0.5) is 11.4 Å². The van der Waals surface area contributed by atoms with Crippen molar-refractivity contribution in [2.45, 2.75) is 20.3 Å². The minimum absolute atomic E-state index is 0.355. The minimum Gasteiger partial charge on any atom is -0.495 e. The van der Waals surface area contributed by atoms with Crippen molar-refractivity contribution in [2.75, 3.05) is 30.7 Å². The average Bonchev–Trinajstić information content (AvgIpc) is 2.37. The summed E-state index contributed by atoms with van der Waals surface area (Å²) in [5.41, 5.74) is 6.56. The number of hydrogen-bond donors (Lipinski definition) is 2. The van der Waals surface area contributed by atoms with E-state index < -0.39 is 10.2 Å². The van der Waals surface area contributed by atoms with Crippen LogP contribution >= 0.6 is 0 Å². The SMILES string of the molecule is COc1ccc(N)cc1NS(=O)(=O)N1CC(C)CC(C)C1. The lowest BCUT2D eigenvalue weighted by Gasteiger charge is -2.34. The number of nitrogen functional groups attached to an aromatic ring is 1. The van der Waals surface area contributed by atoms with Gasteiger partial charge in [0, 0.05) is 18.8 Å². The van der Waals surface area contributed by atoms with E-state index in [1.807, 2.05) is 0 Å². The fourth-order valence-electron chi connectivity index (χ4n) is 2.81. The quantitative estimate of drug-likeness (QED) is 0.832. The van der Waals surface area contributed by atoms with Gasteiger partial charge in [0.15, 0.2) is 0 Å². The van der Waals surface area contributed by atoms with Crippen molar-refractivity contribution in [3.63, 3.8) is 0 Å². The molecule has 1 fully saturated rings. The van der Waals surface area contributed by atoms with Crippen LogP contribution in [-0.2, 0) is 10.2 Å². The molecule has 0 saturated carbocycles. The summed E-state index contributed by atoms with van der Waals surface area (Å²) < 4.78 is 34.3. The van der Waals surface area contributed by atoms with Crippen molar-refractivity contribution in [2.24, 2.45) is 11.8 Å². The molecule has 1 aromatic carbocycles. The molecule has 118 valence electrons. The summed E-state index contributed by atoms with van der Waals surface area (Å²) in [5, 5.41) is 0. The summed E-state index contributed by atoms with van der Waals surface area (Å²) >= 11 is 0. The number of nitrogens with two attached hydrogens (primary N) is 1. The molecule has 1 aromatic rings. The van der Waals surface area contributed by atoms with Gasteiger partial charge >= 0.3 is 10.2 Å². The zero-order valence-electron chi connectivity index (χ0n) is 12.7. The summed E-state index contributed by atoms with van der Waals surface area (Å²) in [5.74, 6) is 1.16. The molecule has 7 heteroatoms. The van der Waals surface area contributed by atoms with E-state index in [2.05, 4.69) is 18.6 Å². The van der Waals surface area contributed by atoms with Gasteiger partial charge in [-0.25, -0.2) is 0 Å². The second kappa shape index (κ2) is 6.11. The molecule has 6 nitrogen and oxygen atoms in total. The normalized spacial score (nSPS) is 23.8. The molecule has 0 bridgehead atoms.